The van der Waals surface area contributed by atoms with Crippen molar-refractivity contribution in [3.63, 3.8) is 0 Å². The highest BCUT2D eigenvalue weighted by Crippen LogP contribution is 2.32. The van der Waals surface area contributed by atoms with Crippen molar-refractivity contribution in [2.45, 2.75) is 50.6 Å². The summed E-state index contributed by atoms with van der Waals surface area (Å²) in [4.78, 5) is 16.8. The molecule has 1 N–H and O–H groups in total. The Hall–Kier alpha value is 0.0200. The molecule has 1 aromatic rings. The maximum Gasteiger partial charge on any atom is 0.280 e. The van der Waals surface area contributed by atoms with Crippen molar-refractivity contribution in [3.05, 3.63) is 24.4 Å². The number of aromatic nitrogens is 1. The van der Waals surface area contributed by atoms with Crippen LogP contribution in [-0.2, 0) is 19.1 Å². The zero-order chi connectivity index (χ0) is 24.2. The Balaban J connectivity index is 2.59. The fourth-order valence-electron chi connectivity index (χ4n) is 2.10. The number of hydrogen-bond acceptors (Lipinski definition) is 10. The Morgan fingerprint density at radius 3 is 2.62 bits per heavy atom. The van der Waals surface area contributed by atoms with Crippen LogP contribution in [0.2, 0.25) is 0 Å². The third-order valence-corrected chi connectivity index (χ3v) is 10.7. The maximum absolute atomic E-state index is 12.9. The molecule has 1 rings (SSSR count). The number of hydrogen-bond donors (Lipinski definition) is 1. The first-order chi connectivity index (χ1) is 14.9. The topological polar surface area (TPSA) is 85.4 Å². The highest BCUT2D eigenvalue weighted by molar-refractivity contribution is 8.76. The van der Waals surface area contributed by atoms with Crippen LogP contribution >= 0.6 is 57.3 Å². The number of nitrogens with one attached hydrogen (secondary N) is 1. The van der Waals surface area contributed by atoms with E-state index < -0.39 is 20.6 Å². The van der Waals surface area contributed by atoms with Gasteiger partial charge in [-0.2, -0.15) is 8.42 Å². The van der Waals surface area contributed by atoms with Crippen molar-refractivity contribution < 1.29 is 17.4 Å². The zero-order valence-corrected chi connectivity index (χ0v) is 23.9. The van der Waals surface area contributed by atoms with E-state index >= 15 is 0 Å². The number of thioether (sulfide) groups is 2. The van der Waals surface area contributed by atoms with Gasteiger partial charge in [0.15, 0.2) is 0 Å². The van der Waals surface area contributed by atoms with Gasteiger partial charge in [0.2, 0.25) is 5.91 Å². The first-order valence-corrected chi connectivity index (χ1v) is 16.2. The predicted molar refractivity (Wildman–Crippen MR) is 146 cm³/mol. The summed E-state index contributed by atoms with van der Waals surface area (Å²) >= 11 is 7.81. The van der Waals surface area contributed by atoms with E-state index in [4.69, 9.17) is 16.4 Å². The van der Waals surface area contributed by atoms with Crippen LogP contribution in [0, 0.1) is 11.3 Å². The van der Waals surface area contributed by atoms with Crippen molar-refractivity contribution in [1.82, 2.24) is 10.3 Å². The summed E-state index contributed by atoms with van der Waals surface area (Å²) < 4.78 is 30.6. The van der Waals surface area contributed by atoms with Crippen LogP contribution in [0.3, 0.4) is 0 Å². The van der Waals surface area contributed by atoms with Crippen LogP contribution in [0.15, 0.2) is 29.4 Å². The monoisotopic (exact) mass is 556 g/mol. The molecule has 1 aromatic heterocycles. The standard InChI is InChI=1S/C20H32N2O4S6/c1-6-28-19(27)30-17(32(24,25)26-14-20(3,4)5)13-15(2)18(23)22-11-12-29-31-16-9-7-8-10-21-16/h7-10,15,17H,6,11-14H2,1-5H3,(H,22,23). The van der Waals surface area contributed by atoms with Gasteiger partial charge in [0.1, 0.15) is 13.1 Å². The molecule has 0 aliphatic heterocycles. The van der Waals surface area contributed by atoms with E-state index in [1.807, 2.05) is 45.9 Å². The number of pyridine rings is 1. The molecule has 0 radical (unpaired) electrons. The molecule has 6 nitrogen and oxygen atoms in total. The number of rotatable bonds is 13. The van der Waals surface area contributed by atoms with Gasteiger partial charge in [-0.15, -0.1) is 11.8 Å². The molecule has 0 saturated carbocycles. The minimum Gasteiger partial charge on any atom is -0.355 e. The Kier molecular flexibility index (Phi) is 14.2. The second-order valence-corrected chi connectivity index (χ2v) is 16.2. The summed E-state index contributed by atoms with van der Waals surface area (Å²) in [5.74, 6) is 0.788. The fourth-order valence-corrected chi connectivity index (χ4v) is 8.89. The summed E-state index contributed by atoms with van der Waals surface area (Å²) in [6.45, 7) is 9.97. The largest absolute Gasteiger partial charge is 0.355 e. The molecule has 1 amide bonds. The highest BCUT2D eigenvalue weighted by atomic mass is 33.1. The van der Waals surface area contributed by atoms with Crippen LogP contribution in [0.1, 0.15) is 41.0 Å². The number of carbonyl (C=O) groups excluding carboxylic acids is 1. The first-order valence-electron chi connectivity index (χ1n) is 10.1. The molecule has 182 valence electrons. The SMILES string of the molecule is CCSC(=S)SC(CC(C)C(=O)NCCSSc1ccccn1)S(=O)(=O)OCC(C)(C)C. The van der Waals surface area contributed by atoms with E-state index in [1.54, 1.807) is 34.7 Å². The fraction of sp³-hybridized carbons (Fsp3) is 0.650. The van der Waals surface area contributed by atoms with Gasteiger partial charge in [0.05, 0.1) is 6.61 Å². The second-order valence-electron chi connectivity index (χ2n) is 8.05. The van der Waals surface area contributed by atoms with Crippen LogP contribution in [0.5, 0.6) is 0 Å². The van der Waals surface area contributed by atoms with Gasteiger partial charge < -0.3 is 5.32 Å². The molecular weight excluding hydrogens is 525 g/mol. The lowest BCUT2D eigenvalue weighted by Gasteiger charge is -2.23. The lowest BCUT2D eigenvalue weighted by atomic mass is 9.99. The highest BCUT2D eigenvalue weighted by Gasteiger charge is 2.33. The number of thiocarbonyl (C=S) groups is 1. The van der Waals surface area contributed by atoms with E-state index in [0.29, 0.717) is 15.8 Å². The first kappa shape index (κ1) is 30.1. The summed E-state index contributed by atoms with van der Waals surface area (Å²) in [6, 6.07) is 5.72. The third kappa shape index (κ3) is 13.0. The summed E-state index contributed by atoms with van der Waals surface area (Å²) in [6.07, 6.45) is 1.87. The average molecular weight is 557 g/mol. The van der Waals surface area contributed by atoms with Crippen molar-refractivity contribution in [2.75, 3.05) is 24.7 Å². The van der Waals surface area contributed by atoms with Gasteiger partial charge in [0.25, 0.3) is 10.1 Å². The lowest BCUT2D eigenvalue weighted by molar-refractivity contribution is -0.124. The van der Waals surface area contributed by atoms with Gasteiger partial charge >= 0.3 is 0 Å². The molecule has 0 bridgehead atoms. The van der Waals surface area contributed by atoms with Gasteiger partial charge in [-0.1, -0.05) is 75.5 Å². The number of carbonyl (C=O) groups is 1. The maximum atomic E-state index is 12.9. The Morgan fingerprint density at radius 1 is 1.31 bits per heavy atom. The van der Waals surface area contributed by atoms with Gasteiger partial charge in [-0.05, 0) is 40.5 Å². The Morgan fingerprint density at radius 2 is 2.03 bits per heavy atom. The average Bonchev–Trinajstić information content (AvgIpc) is 2.72. The normalized spacial score (nSPS) is 14.0. The van der Waals surface area contributed by atoms with Crippen LogP contribution < -0.4 is 5.32 Å². The van der Waals surface area contributed by atoms with Crippen LogP contribution in [0.25, 0.3) is 0 Å². The van der Waals surface area contributed by atoms with E-state index in [0.717, 1.165) is 22.5 Å². The molecule has 0 aliphatic rings. The molecule has 0 aliphatic carbocycles. The zero-order valence-electron chi connectivity index (χ0n) is 19.0. The number of amides is 1. The molecule has 0 saturated heterocycles. The molecule has 32 heavy (non-hydrogen) atoms. The molecular formula is C20H32N2O4S6. The summed E-state index contributed by atoms with van der Waals surface area (Å²) in [5, 5.41) is 3.80. The van der Waals surface area contributed by atoms with Crippen LogP contribution in [0.4, 0.5) is 0 Å². The predicted octanol–water partition coefficient (Wildman–Crippen LogP) is 5.45. The van der Waals surface area contributed by atoms with E-state index in [1.165, 1.54) is 11.8 Å². The van der Waals surface area contributed by atoms with Crippen molar-refractivity contribution in [1.29, 1.82) is 0 Å². The Bertz CT molecular complexity index is 815. The number of nitrogens with zero attached hydrogens (tertiary/aromatic N) is 1. The van der Waals surface area contributed by atoms with Gasteiger partial charge in [-0.25, -0.2) is 4.98 Å². The minimum absolute atomic E-state index is 0.0752. The van der Waals surface area contributed by atoms with Crippen molar-refractivity contribution in [2.24, 2.45) is 11.3 Å². The van der Waals surface area contributed by atoms with E-state index in [2.05, 4.69) is 10.3 Å². The summed E-state index contributed by atoms with van der Waals surface area (Å²) in [7, 11) is -0.737. The summed E-state index contributed by atoms with van der Waals surface area (Å²) in [5.41, 5.74) is -0.297. The molecule has 2 atom stereocenters. The molecule has 2 unspecified atom stereocenters. The minimum atomic E-state index is -3.89. The molecule has 0 fully saturated rings. The van der Waals surface area contributed by atoms with Crippen molar-refractivity contribution in [3.8, 4) is 0 Å². The molecule has 12 heteroatoms. The van der Waals surface area contributed by atoms with Crippen molar-refractivity contribution >= 4 is 76.9 Å². The second kappa shape index (κ2) is 15.1. The van der Waals surface area contributed by atoms with E-state index in [-0.39, 0.29) is 24.3 Å². The third-order valence-electron chi connectivity index (χ3n) is 3.73. The molecule has 0 aromatic carbocycles. The smallest absolute Gasteiger partial charge is 0.280 e. The van der Waals surface area contributed by atoms with E-state index in [9.17, 15) is 13.2 Å². The van der Waals surface area contributed by atoms with Gasteiger partial charge in [-0.3, -0.25) is 8.98 Å². The molecule has 1 heterocycles. The molecule has 0 spiro atoms. The Labute approximate surface area is 214 Å². The van der Waals surface area contributed by atoms with Gasteiger partial charge in [0, 0.05) is 24.4 Å². The quantitative estimate of drug-likeness (QED) is 0.146. The lowest BCUT2D eigenvalue weighted by Crippen LogP contribution is -2.34. The van der Waals surface area contributed by atoms with Crippen LogP contribution in [-0.4, -0.2) is 52.1 Å².